The number of hydrogen-bond donors (Lipinski definition) is 2. The smallest absolute Gasteiger partial charge is 0.243 e. The number of carbonyl (C=O) groups is 1. The van der Waals surface area contributed by atoms with Gasteiger partial charge in [-0.15, -0.1) is 0 Å². The second kappa shape index (κ2) is 4.64. The lowest BCUT2D eigenvalue weighted by Gasteiger charge is -2.17. The number of anilines is 1. The van der Waals surface area contributed by atoms with E-state index in [1.54, 1.807) is 23.8 Å². The van der Waals surface area contributed by atoms with E-state index >= 15 is 0 Å². The van der Waals surface area contributed by atoms with E-state index in [1.165, 1.54) is 0 Å². The Kier molecular flexibility index (Phi) is 3.18. The number of rotatable bonds is 3. The standard InChI is InChI=1S/C12H17N5O/c1-7(2)15-11(18)8(3)17-10-9(16-12(17)13)5-4-6-14-10/h4-8H,1-3H3,(H2,13,16)(H,15,18). The molecule has 6 heteroatoms. The molecule has 0 bridgehead atoms. The highest BCUT2D eigenvalue weighted by atomic mass is 16.2. The van der Waals surface area contributed by atoms with Crippen molar-refractivity contribution in [2.75, 3.05) is 5.73 Å². The van der Waals surface area contributed by atoms with Gasteiger partial charge in [-0.3, -0.25) is 9.36 Å². The van der Waals surface area contributed by atoms with Gasteiger partial charge < -0.3 is 11.1 Å². The summed E-state index contributed by atoms with van der Waals surface area (Å²) in [6.45, 7) is 5.61. The topological polar surface area (TPSA) is 85.8 Å². The quantitative estimate of drug-likeness (QED) is 0.850. The zero-order valence-electron chi connectivity index (χ0n) is 10.7. The molecule has 2 aromatic rings. The highest BCUT2D eigenvalue weighted by Crippen LogP contribution is 2.20. The van der Waals surface area contributed by atoms with E-state index in [9.17, 15) is 4.79 Å². The van der Waals surface area contributed by atoms with Crippen molar-refractivity contribution in [1.82, 2.24) is 19.9 Å². The first-order valence-electron chi connectivity index (χ1n) is 5.89. The summed E-state index contributed by atoms with van der Waals surface area (Å²) in [7, 11) is 0. The fourth-order valence-electron chi connectivity index (χ4n) is 1.85. The summed E-state index contributed by atoms with van der Waals surface area (Å²) in [5, 5.41) is 2.85. The van der Waals surface area contributed by atoms with E-state index in [0.717, 1.165) is 0 Å². The normalized spacial score (nSPS) is 12.9. The Bertz CT molecular complexity index is 575. The fourth-order valence-corrected chi connectivity index (χ4v) is 1.85. The molecule has 2 heterocycles. The molecule has 96 valence electrons. The zero-order valence-corrected chi connectivity index (χ0v) is 10.7. The first-order valence-corrected chi connectivity index (χ1v) is 5.89. The Hall–Kier alpha value is -2.11. The molecule has 0 fully saturated rings. The van der Waals surface area contributed by atoms with Crippen molar-refractivity contribution in [1.29, 1.82) is 0 Å². The minimum atomic E-state index is -0.438. The Balaban J connectivity index is 2.41. The van der Waals surface area contributed by atoms with Gasteiger partial charge in [-0.2, -0.15) is 0 Å². The third kappa shape index (κ3) is 2.13. The molecule has 0 radical (unpaired) electrons. The van der Waals surface area contributed by atoms with Crippen molar-refractivity contribution >= 4 is 23.0 Å². The van der Waals surface area contributed by atoms with Crippen LogP contribution in [0.15, 0.2) is 18.3 Å². The van der Waals surface area contributed by atoms with Crippen molar-refractivity contribution in [3.8, 4) is 0 Å². The van der Waals surface area contributed by atoms with E-state index < -0.39 is 6.04 Å². The minimum Gasteiger partial charge on any atom is -0.369 e. The first kappa shape index (κ1) is 12.3. The van der Waals surface area contributed by atoms with E-state index in [0.29, 0.717) is 17.1 Å². The average Bonchev–Trinajstić information content (AvgIpc) is 2.63. The Morgan fingerprint density at radius 1 is 1.44 bits per heavy atom. The third-order valence-corrected chi connectivity index (χ3v) is 2.67. The van der Waals surface area contributed by atoms with Crippen molar-refractivity contribution in [2.45, 2.75) is 32.9 Å². The number of pyridine rings is 1. The van der Waals surface area contributed by atoms with Gasteiger partial charge in [0, 0.05) is 12.2 Å². The van der Waals surface area contributed by atoms with Gasteiger partial charge in [-0.1, -0.05) is 0 Å². The molecule has 0 saturated heterocycles. The number of fused-ring (bicyclic) bond motifs is 1. The molecule has 1 amide bonds. The molecule has 2 aromatic heterocycles. The lowest BCUT2D eigenvalue weighted by atomic mass is 10.2. The first-order chi connectivity index (χ1) is 8.50. The molecule has 0 aliphatic carbocycles. The molecular weight excluding hydrogens is 230 g/mol. The van der Waals surface area contributed by atoms with Crippen LogP contribution in [-0.4, -0.2) is 26.5 Å². The van der Waals surface area contributed by atoms with Crippen LogP contribution in [0.25, 0.3) is 11.2 Å². The van der Waals surface area contributed by atoms with Crippen LogP contribution in [0.5, 0.6) is 0 Å². The van der Waals surface area contributed by atoms with Crippen LogP contribution in [0.1, 0.15) is 26.8 Å². The van der Waals surface area contributed by atoms with Crippen LogP contribution < -0.4 is 11.1 Å². The second-order valence-electron chi connectivity index (χ2n) is 4.53. The minimum absolute atomic E-state index is 0.0870. The SMILES string of the molecule is CC(C)NC(=O)C(C)n1c(N)nc2cccnc21. The van der Waals surface area contributed by atoms with E-state index in [-0.39, 0.29) is 11.9 Å². The Morgan fingerprint density at radius 2 is 2.17 bits per heavy atom. The largest absolute Gasteiger partial charge is 0.369 e. The maximum absolute atomic E-state index is 12.0. The van der Waals surface area contributed by atoms with Crippen molar-refractivity contribution in [2.24, 2.45) is 0 Å². The van der Waals surface area contributed by atoms with Crippen LogP contribution in [-0.2, 0) is 4.79 Å². The van der Waals surface area contributed by atoms with Crippen molar-refractivity contribution in [3.63, 3.8) is 0 Å². The van der Waals surface area contributed by atoms with Crippen LogP contribution in [0.2, 0.25) is 0 Å². The maximum Gasteiger partial charge on any atom is 0.243 e. The summed E-state index contributed by atoms with van der Waals surface area (Å²) >= 11 is 0. The van der Waals surface area contributed by atoms with Gasteiger partial charge in [-0.25, -0.2) is 9.97 Å². The van der Waals surface area contributed by atoms with Gasteiger partial charge in [0.15, 0.2) is 5.65 Å². The number of aromatic nitrogens is 3. The predicted octanol–water partition coefficient (Wildman–Crippen LogP) is 1.10. The molecule has 0 aliphatic rings. The molecule has 2 rings (SSSR count). The van der Waals surface area contributed by atoms with Gasteiger partial charge in [0.1, 0.15) is 11.6 Å². The van der Waals surface area contributed by atoms with Crippen LogP contribution >= 0.6 is 0 Å². The van der Waals surface area contributed by atoms with Gasteiger partial charge in [0.25, 0.3) is 0 Å². The summed E-state index contributed by atoms with van der Waals surface area (Å²) in [6.07, 6.45) is 1.66. The number of nitrogens with two attached hydrogens (primary N) is 1. The number of nitrogens with zero attached hydrogens (tertiary/aromatic N) is 3. The Morgan fingerprint density at radius 3 is 2.83 bits per heavy atom. The third-order valence-electron chi connectivity index (χ3n) is 2.67. The molecule has 0 spiro atoms. The maximum atomic E-state index is 12.0. The fraction of sp³-hybridized carbons (Fsp3) is 0.417. The number of imidazole rings is 1. The second-order valence-corrected chi connectivity index (χ2v) is 4.53. The molecule has 0 aliphatic heterocycles. The molecule has 3 N–H and O–H groups in total. The molecule has 1 unspecified atom stereocenters. The molecule has 0 saturated carbocycles. The number of carbonyl (C=O) groups excluding carboxylic acids is 1. The van der Waals surface area contributed by atoms with Crippen LogP contribution in [0.4, 0.5) is 5.95 Å². The average molecular weight is 247 g/mol. The summed E-state index contributed by atoms with van der Waals surface area (Å²) in [6, 6.07) is 3.26. The van der Waals surface area contributed by atoms with E-state index in [4.69, 9.17) is 5.73 Å². The predicted molar refractivity (Wildman–Crippen MR) is 69.9 cm³/mol. The van der Waals surface area contributed by atoms with Crippen LogP contribution in [0, 0.1) is 0 Å². The number of nitrogen functional groups attached to an aromatic ring is 1. The molecule has 18 heavy (non-hydrogen) atoms. The number of hydrogen-bond acceptors (Lipinski definition) is 4. The zero-order chi connectivity index (χ0) is 13.3. The monoisotopic (exact) mass is 247 g/mol. The van der Waals surface area contributed by atoms with Crippen molar-refractivity contribution in [3.05, 3.63) is 18.3 Å². The van der Waals surface area contributed by atoms with Gasteiger partial charge in [0.2, 0.25) is 11.9 Å². The molecule has 0 aromatic carbocycles. The van der Waals surface area contributed by atoms with E-state index in [2.05, 4.69) is 15.3 Å². The molecule has 1 atom stereocenters. The Labute approximate surface area is 105 Å². The lowest BCUT2D eigenvalue weighted by Crippen LogP contribution is -2.36. The summed E-state index contributed by atoms with van der Waals surface area (Å²) in [5.41, 5.74) is 7.17. The van der Waals surface area contributed by atoms with Gasteiger partial charge in [-0.05, 0) is 32.9 Å². The summed E-state index contributed by atoms with van der Waals surface area (Å²) in [4.78, 5) is 20.4. The summed E-state index contributed by atoms with van der Waals surface area (Å²) < 4.78 is 1.65. The highest BCUT2D eigenvalue weighted by Gasteiger charge is 2.21. The number of nitrogens with one attached hydrogen (secondary N) is 1. The highest BCUT2D eigenvalue weighted by molar-refractivity contribution is 5.84. The van der Waals surface area contributed by atoms with E-state index in [1.807, 2.05) is 19.9 Å². The summed E-state index contributed by atoms with van der Waals surface area (Å²) in [5.74, 6) is 0.205. The molecular formula is C12H17N5O. The van der Waals surface area contributed by atoms with Gasteiger partial charge in [0.05, 0.1) is 0 Å². The molecule has 6 nitrogen and oxygen atoms in total. The number of amides is 1. The lowest BCUT2D eigenvalue weighted by molar-refractivity contribution is -0.124. The van der Waals surface area contributed by atoms with Crippen LogP contribution in [0.3, 0.4) is 0 Å². The van der Waals surface area contributed by atoms with Gasteiger partial charge >= 0.3 is 0 Å². The van der Waals surface area contributed by atoms with Crippen molar-refractivity contribution < 1.29 is 4.79 Å².